The van der Waals surface area contributed by atoms with E-state index in [0.717, 1.165) is 56.5 Å². The Morgan fingerprint density at radius 2 is 1.97 bits per heavy atom. The number of amides is 1. The Bertz CT molecular complexity index is 675. The third kappa shape index (κ3) is 3.89. The van der Waals surface area contributed by atoms with Gasteiger partial charge in [-0.2, -0.15) is 0 Å². The zero-order valence-electron chi connectivity index (χ0n) is 19.1. The highest BCUT2D eigenvalue weighted by Gasteiger charge is 2.60. The molecule has 168 valence electrons. The van der Waals surface area contributed by atoms with Crippen molar-refractivity contribution in [1.82, 2.24) is 5.32 Å². The van der Waals surface area contributed by atoms with Gasteiger partial charge in [0.15, 0.2) is 0 Å². The molecular weight excluding hydrogens is 374 g/mol. The van der Waals surface area contributed by atoms with Crippen molar-refractivity contribution in [2.45, 2.75) is 90.6 Å². The van der Waals surface area contributed by atoms with E-state index in [0.29, 0.717) is 29.8 Å². The highest BCUT2D eigenvalue weighted by molar-refractivity contribution is 5.87. The minimum Gasteiger partial charge on any atom is -0.378 e. The highest BCUT2D eigenvalue weighted by Crippen LogP contribution is 2.65. The molecule has 4 heteroatoms. The van der Waals surface area contributed by atoms with Crippen molar-refractivity contribution in [1.29, 1.82) is 0 Å². The normalized spacial score (nSPS) is 42.7. The second-order valence-electron chi connectivity index (χ2n) is 11.0. The number of Topliss-reactive ketones (excluding diaryl/α,β-unsaturated/α-hetero) is 1. The number of carbonyl (C=O) groups excluding carboxylic acids is 2. The van der Waals surface area contributed by atoms with Crippen molar-refractivity contribution < 1.29 is 14.3 Å². The fraction of sp³-hybridized carbons (Fsp3) is 0.846. The van der Waals surface area contributed by atoms with Crippen LogP contribution in [0, 0.1) is 34.5 Å². The summed E-state index contributed by atoms with van der Waals surface area (Å²) >= 11 is 0. The van der Waals surface area contributed by atoms with Crippen molar-refractivity contribution in [3.63, 3.8) is 0 Å². The molecule has 0 saturated heterocycles. The molecule has 0 aromatic carbocycles. The summed E-state index contributed by atoms with van der Waals surface area (Å²) in [4.78, 5) is 23.8. The second-order valence-corrected chi connectivity index (χ2v) is 11.0. The minimum atomic E-state index is -0.0944. The first-order valence-electron chi connectivity index (χ1n) is 12.4. The first kappa shape index (κ1) is 22.0. The highest BCUT2D eigenvalue weighted by atomic mass is 16.5. The van der Waals surface area contributed by atoms with Crippen molar-refractivity contribution in [2.75, 3.05) is 13.2 Å². The lowest BCUT2D eigenvalue weighted by molar-refractivity contribution is -0.145. The van der Waals surface area contributed by atoms with Crippen molar-refractivity contribution in [3.05, 3.63) is 12.7 Å². The van der Waals surface area contributed by atoms with Gasteiger partial charge in [0.2, 0.25) is 5.91 Å². The number of ether oxygens (including phenoxy) is 1. The molecule has 0 radical (unpaired) electrons. The number of unbranched alkanes of at least 4 members (excludes halogenated alkanes) is 1. The van der Waals surface area contributed by atoms with Gasteiger partial charge >= 0.3 is 0 Å². The molecule has 4 rings (SSSR count). The maximum atomic E-state index is 12.6. The molecular formula is C26H41NO3. The summed E-state index contributed by atoms with van der Waals surface area (Å²) in [5.74, 6) is 3.49. The summed E-state index contributed by atoms with van der Waals surface area (Å²) < 4.78 is 6.27. The van der Waals surface area contributed by atoms with Gasteiger partial charge in [-0.25, -0.2) is 0 Å². The molecule has 7 atom stereocenters. The fourth-order valence-electron chi connectivity index (χ4n) is 7.90. The van der Waals surface area contributed by atoms with Crippen LogP contribution in [0.15, 0.2) is 12.7 Å². The molecule has 4 aliphatic carbocycles. The summed E-state index contributed by atoms with van der Waals surface area (Å²) in [6.45, 7) is 9.83. The Balaban J connectivity index is 1.27. The summed E-state index contributed by atoms with van der Waals surface area (Å²) in [5, 5.41) is 2.83. The molecule has 4 fully saturated rings. The van der Waals surface area contributed by atoms with Crippen LogP contribution in [0.25, 0.3) is 0 Å². The predicted molar refractivity (Wildman–Crippen MR) is 119 cm³/mol. The van der Waals surface area contributed by atoms with Crippen LogP contribution >= 0.6 is 0 Å². The minimum absolute atomic E-state index is 0.00415. The molecule has 4 nitrogen and oxygen atoms in total. The van der Waals surface area contributed by atoms with Crippen LogP contribution in [0.5, 0.6) is 0 Å². The number of carbonyl (C=O) groups is 2. The van der Waals surface area contributed by atoms with Crippen LogP contribution in [-0.4, -0.2) is 30.9 Å². The van der Waals surface area contributed by atoms with Crippen LogP contribution in [0.2, 0.25) is 0 Å². The Kier molecular flexibility index (Phi) is 6.44. The molecule has 4 saturated carbocycles. The number of hydrogen-bond acceptors (Lipinski definition) is 3. The van der Waals surface area contributed by atoms with Crippen LogP contribution in [0.4, 0.5) is 0 Å². The van der Waals surface area contributed by atoms with Gasteiger partial charge in [0.25, 0.3) is 0 Å². The van der Waals surface area contributed by atoms with Gasteiger partial charge in [-0.05, 0) is 99.4 Å². The monoisotopic (exact) mass is 415 g/mol. The van der Waals surface area contributed by atoms with E-state index in [4.69, 9.17) is 4.74 Å². The van der Waals surface area contributed by atoms with Crippen LogP contribution in [0.3, 0.4) is 0 Å². The van der Waals surface area contributed by atoms with E-state index in [-0.39, 0.29) is 11.3 Å². The average molecular weight is 416 g/mol. The Labute approximate surface area is 182 Å². The van der Waals surface area contributed by atoms with Gasteiger partial charge in [0, 0.05) is 25.0 Å². The quantitative estimate of drug-likeness (QED) is 0.467. The van der Waals surface area contributed by atoms with E-state index in [9.17, 15) is 9.59 Å². The van der Waals surface area contributed by atoms with Crippen LogP contribution in [-0.2, 0) is 14.3 Å². The van der Waals surface area contributed by atoms with Gasteiger partial charge in [-0.15, -0.1) is 0 Å². The molecule has 0 bridgehead atoms. The van der Waals surface area contributed by atoms with Crippen molar-refractivity contribution in [3.8, 4) is 0 Å². The lowest BCUT2D eigenvalue weighted by atomic mass is 9.45. The average Bonchev–Trinajstić information content (AvgIpc) is 3.05. The summed E-state index contributed by atoms with van der Waals surface area (Å²) in [7, 11) is 0. The number of hydrogen-bond donors (Lipinski definition) is 1. The van der Waals surface area contributed by atoms with Gasteiger partial charge < -0.3 is 10.1 Å². The van der Waals surface area contributed by atoms with Gasteiger partial charge in [0.05, 0.1) is 6.10 Å². The number of nitrogens with one attached hydrogen (secondary N) is 1. The van der Waals surface area contributed by atoms with Gasteiger partial charge in [-0.3, -0.25) is 9.59 Å². The lowest BCUT2D eigenvalue weighted by Crippen LogP contribution is -2.54. The van der Waals surface area contributed by atoms with Gasteiger partial charge in [0.1, 0.15) is 5.78 Å². The van der Waals surface area contributed by atoms with Gasteiger partial charge in [-0.1, -0.05) is 20.4 Å². The first-order valence-corrected chi connectivity index (χ1v) is 12.4. The SMILES string of the molecule is C=CC(=O)NCCCCOC1CC[C@@]2(C)C(CC[C@@H]3[C@H]2CC[C@]2(C)C(=O)CC[C@@H]32)C1. The third-order valence-corrected chi connectivity index (χ3v) is 9.74. The fourth-order valence-corrected chi connectivity index (χ4v) is 7.90. The third-order valence-electron chi connectivity index (χ3n) is 9.74. The van der Waals surface area contributed by atoms with E-state index >= 15 is 0 Å². The largest absolute Gasteiger partial charge is 0.378 e. The van der Waals surface area contributed by atoms with E-state index in [2.05, 4.69) is 25.7 Å². The maximum absolute atomic E-state index is 12.6. The Morgan fingerprint density at radius 3 is 2.77 bits per heavy atom. The smallest absolute Gasteiger partial charge is 0.243 e. The van der Waals surface area contributed by atoms with Crippen molar-refractivity contribution >= 4 is 11.7 Å². The second kappa shape index (κ2) is 8.76. The molecule has 1 amide bonds. The number of rotatable bonds is 7. The maximum Gasteiger partial charge on any atom is 0.243 e. The molecule has 0 aliphatic heterocycles. The van der Waals surface area contributed by atoms with E-state index < -0.39 is 0 Å². The summed E-state index contributed by atoms with van der Waals surface area (Å²) in [6, 6.07) is 0. The standard InChI is InChI=1S/C26H41NO3/c1-4-24(29)27-15-5-6-16-30-19-11-13-25(2)18(17-19)7-8-20-21-9-10-23(28)26(21,3)14-12-22(20)25/h4,18-22H,1,5-17H2,2-3H3,(H,27,29)/t18?,19?,20-,21-,22+,25-,26-/m0/s1. The zero-order valence-corrected chi connectivity index (χ0v) is 19.1. The van der Waals surface area contributed by atoms with E-state index in [1.807, 2.05) is 0 Å². The van der Waals surface area contributed by atoms with Crippen LogP contribution in [0.1, 0.15) is 84.5 Å². The number of fused-ring (bicyclic) bond motifs is 5. The molecule has 0 spiro atoms. The zero-order chi connectivity index (χ0) is 21.4. The molecule has 30 heavy (non-hydrogen) atoms. The first-order chi connectivity index (χ1) is 14.4. The number of ketones is 1. The molecule has 0 heterocycles. The van der Waals surface area contributed by atoms with E-state index in [1.54, 1.807) is 0 Å². The molecule has 2 unspecified atom stereocenters. The van der Waals surface area contributed by atoms with E-state index in [1.165, 1.54) is 44.6 Å². The van der Waals surface area contributed by atoms with Crippen LogP contribution < -0.4 is 5.32 Å². The molecule has 0 aromatic heterocycles. The lowest BCUT2D eigenvalue weighted by Gasteiger charge is -2.60. The predicted octanol–water partition coefficient (Wildman–Crippen LogP) is 5.07. The summed E-state index contributed by atoms with van der Waals surface area (Å²) in [5.41, 5.74) is 0.445. The summed E-state index contributed by atoms with van der Waals surface area (Å²) in [6.07, 6.45) is 14.4. The molecule has 0 aromatic rings. The molecule has 1 N–H and O–H groups in total. The Hall–Kier alpha value is -1.16. The molecule has 4 aliphatic rings. The Morgan fingerprint density at radius 1 is 1.13 bits per heavy atom. The van der Waals surface area contributed by atoms with Crippen molar-refractivity contribution in [2.24, 2.45) is 34.5 Å². The topological polar surface area (TPSA) is 55.4 Å².